The zero-order valence-electron chi connectivity index (χ0n) is 12.7. The van der Waals surface area contributed by atoms with Crippen LogP contribution in [0, 0.1) is 19.8 Å². The van der Waals surface area contributed by atoms with Crippen molar-refractivity contribution >= 4 is 11.3 Å². The lowest BCUT2D eigenvalue weighted by Crippen LogP contribution is -2.28. The molecule has 1 atom stereocenters. The summed E-state index contributed by atoms with van der Waals surface area (Å²) in [5.74, 6) is 6.47. The molecular weight excluding hydrogens is 264 g/mol. The zero-order valence-corrected chi connectivity index (χ0v) is 13.6. The van der Waals surface area contributed by atoms with Crippen molar-refractivity contribution in [2.45, 2.75) is 40.2 Å². The second-order valence-corrected chi connectivity index (χ2v) is 7.12. The average Bonchev–Trinajstić information content (AvgIpc) is 2.70. The van der Waals surface area contributed by atoms with Crippen molar-refractivity contribution in [2.24, 2.45) is 11.8 Å². The Balaban J connectivity index is 2.31. The first-order valence-electron chi connectivity index (χ1n) is 7.13. The minimum Gasteiger partial charge on any atom is -0.271 e. The van der Waals surface area contributed by atoms with Gasteiger partial charge in [0.25, 0.3) is 0 Å². The highest BCUT2D eigenvalue weighted by Gasteiger charge is 2.16. The second kappa shape index (κ2) is 6.53. The largest absolute Gasteiger partial charge is 0.271 e. The van der Waals surface area contributed by atoms with Gasteiger partial charge in [0.05, 0.1) is 6.04 Å². The van der Waals surface area contributed by atoms with E-state index >= 15 is 0 Å². The van der Waals surface area contributed by atoms with Gasteiger partial charge in [-0.25, -0.2) is 5.43 Å². The molecule has 0 spiro atoms. The van der Waals surface area contributed by atoms with E-state index in [0.29, 0.717) is 5.92 Å². The maximum atomic E-state index is 5.80. The van der Waals surface area contributed by atoms with Crippen LogP contribution < -0.4 is 11.3 Å². The molecule has 0 amide bonds. The predicted octanol–water partition coefficient (Wildman–Crippen LogP) is 4.12. The molecule has 1 aromatic heterocycles. The fourth-order valence-corrected chi connectivity index (χ4v) is 3.59. The summed E-state index contributed by atoms with van der Waals surface area (Å²) >= 11 is 1.82. The van der Waals surface area contributed by atoms with Gasteiger partial charge in [0, 0.05) is 9.75 Å². The highest BCUT2D eigenvalue weighted by molar-refractivity contribution is 7.12. The van der Waals surface area contributed by atoms with Gasteiger partial charge >= 0.3 is 0 Å². The van der Waals surface area contributed by atoms with Crippen molar-refractivity contribution in [1.82, 2.24) is 5.43 Å². The molecule has 0 saturated carbocycles. The summed E-state index contributed by atoms with van der Waals surface area (Å²) in [6.45, 7) is 8.80. The molecular formula is C17H24N2S. The topological polar surface area (TPSA) is 38.0 Å². The fourth-order valence-electron chi connectivity index (χ4n) is 2.46. The molecule has 2 nitrogen and oxygen atoms in total. The van der Waals surface area contributed by atoms with Crippen LogP contribution in [0.4, 0.5) is 0 Å². The Morgan fingerprint density at radius 1 is 1.20 bits per heavy atom. The van der Waals surface area contributed by atoms with E-state index in [1.165, 1.54) is 26.4 Å². The third-order valence-corrected chi connectivity index (χ3v) is 4.78. The van der Waals surface area contributed by atoms with Gasteiger partial charge in [0.2, 0.25) is 0 Å². The SMILES string of the molecule is Cc1cc(C(NN)c2cccc(CC(C)C)c2)sc1C. The molecule has 1 unspecified atom stereocenters. The summed E-state index contributed by atoms with van der Waals surface area (Å²) in [6.07, 6.45) is 1.10. The summed E-state index contributed by atoms with van der Waals surface area (Å²) in [5.41, 5.74) is 6.92. The van der Waals surface area contributed by atoms with Crippen molar-refractivity contribution in [3.8, 4) is 0 Å². The first-order valence-corrected chi connectivity index (χ1v) is 7.94. The number of benzene rings is 1. The molecule has 2 rings (SSSR count). The van der Waals surface area contributed by atoms with E-state index in [1.807, 2.05) is 11.3 Å². The van der Waals surface area contributed by atoms with Crippen LogP contribution in [0.1, 0.15) is 46.3 Å². The maximum absolute atomic E-state index is 5.80. The monoisotopic (exact) mass is 288 g/mol. The van der Waals surface area contributed by atoms with Crippen LogP contribution in [0.2, 0.25) is 0 Å². The van der Waals surface area contributed by atoms with E-state index in [1.54, 1.807) is 0 Å². The molecule has 0 radical (unpaired) electrons. The quantitative estimate of drug-likeness (QED) is 0.641. The van der Waals surface area contributed by atoms with Gasteiger partial charge in [0.15, 0.2) is 0 Å². The first kappa shape index (κ1) is 15.2. The molecule has 108 valence electrons. The molecule has 0 fully saturated rings. The van der Waals surface area contributed by atoms with Crippen LogP contribution in [0.25, 0.3) is 0 Å². The van der Waals surface area contributed by atoms with Crippen LogP contribution >= 0.6 is 11.3 Å². The Labute approximate surface area is 126 Å². The van der Waals surface area contributed by atoms with Gasteiger partial charge in [0.1, 0.15) is 0 Å². The van der Waals surface area contributed by atoms with Crippen LogP contribution in [0.3, 0.4) is 0 Å². The number of nitrogens with two attached hydrogens (primary N) is 1. The molecule has 3 heteroatoms. The highest BCUT2D eigenvalue weighted by atomic mass is 32.1. The third kappa shape index (κ3) is 3.48. The summed E-state index contributed by atoms with van der Waals surface area (Å²) < 4.78 is 0. The summed E-state index contributed by atoms with van der Waals surface area (Å²) in [5, 5.41) is 0. The Hall–Kier alpha value is -1.16. The van der Waals surface area contributed by atoms with Gasteiger partial charge in [-0.1, -0.05) is 38.1 Å². The smallest absolute Gasteiger partial charge is 0.0802 e. The van der Waals surface area contributed by atoms with Gasteiger partial charge in [-0.15, -0.1) is 11.3 Å². The summed E-state index contributed by atoms with van der Waals surface area (Å²) in [4.78, 5) is 2.64. The van der Waals surface area contributed by atoms with Crippen LogP contribution in [0.15, 0.2) is 30.3 Å². The highest BCUT2D eigenvalue weighted by Crippen LogP contribution is 2.30. The van der Waals surface area contributed by atoms with Crippen LogP contribution in [0.5, 0.6) is 0 Å². The molecule has 0 bridgehead atoms. The first-order chi connectivity index (χ1) is 9.51. The van der Waals surface area contributed by atoms with Gasteiger partial charge < -0.3 is 0 Å². The summed E-state index contributed by atoms with van der Waals surface area (Å²) in [7, 11) is 0. The van der Waals surface area contributed by atoms with Crippen LogP contribution in [-0.2, 0) is 6.42 Å². The third-order valence-electron chi connectivity index (χ3n) is 3.56. The predicted molar refractivity (Wildman–Crippen MR) is 87.9 cm³/mol. The standard InChI is InChI=1S/C17H24N2S/c1-11(2)8-14-6-5-7-15(10-14)17(19-18)16-9-12(3)13(4)20-16/h5-7,9-11,17,19H,8,18H2,1-4H3. The molecule has 0 aliphatic rings. The molecule has 1 aromatic carbocycles. The Morgan fingerprint density at radius 2 is 1.95 bits per heavy atom. The number of rotatable bonds is 5. The van der Waals surface area contributed by atoms with E-state index in [-0.39, 0.29) is 6.04 Å². The van der Waals surface area contributed by atoms with Crippen molar-refractivity contribution in [3.63, 3.8) is 0 Å². The van der Waals surface area contributed by atoms with Gasteiger partial charge in [-0.05, 0) is 48.9 Å². The lowest BCUT2D eigenvalue weighted by atomic mass is 9.97. The fraction of sp³-hybridized carbons (Fsp3) is 0.412. The van der Waals surface area contributed by atoms with E-state index in [2.05, 4.69) is 63.5 Å². The molecule has 2 aromatic rings. The van der Waals surface area contributed by atoms with Gasteiger partial charge in [-0.2, -0.15) is 0 Å². The van der Waals surface area contributed by atoms with E-state index in [9.17, 15) is 0 Å². The molecule has 0 aliphatic heterocycles. The second-order valence-electron chi connectivity index (χ2n) is 5.83. The number of hydrazine groups is 1. The zero-order chi connectivity index (χ0) is 14.7. The molecule has 0 aliphatic carbocycles. The minimum absolute atomic E-state index is 0.0829. The van der Waals surface area contributed by atoms with Crippen molar-refractivity contribution in [1.29, 1.82) is 0 Å². The molecule has 3 N–H and O–H groups in total. The number of nitrogens with one attached hydrogen (secondary N) is 1. The normalized spacial score (nSPS) is 12.9. The van der Waals surface area contributed by atoms with E-state index in [0.717, 1.165) is 6.42 Å². The number of thiophene rings is 1. The molecule has 20 heavy (non-hydrogen) atoms. The van der Waals surface area contributed by atoms with E-state index < -0.39 is 0 Å². The lowest BCUT2D eigenvalue weighted by molar-refractivity contribution is 0.633. The average molecular weight is 288 g/mol. The van der Waals surface area contributed by atoms with E-state index in [4.69, 9.17) is 5.84 Å². The summed E-state index contributed by atoms with van der Waals surface area (Å²) in [6, 6.07) is 11.1. The Bertz CT molecular complexity index is 553. The number of aryl methyl sites for hydroxylation is 2. The lowest BCUT2D eigenvalue weighted by Gasteiger charge is -2.16. The number of hydrogen-bond acceptors (Lipinski definition) is 3. The van der Waals surface area contributed by atoms with Crippen molar-refractivity contribution < 1.29 is 0 Å². The Kier molecular flexibility index (Phi) is 4.97. The van der Waals surface area contributed by atoms with Gasteiger partial charge in [-0.3, -0.25) is 5.84 Å². The number of hydrogen-bond donors (Lipinski definition) is 2. The molecule has 0 saturated heterocycles. The van der Waals surface area contributed by atoms with Crippen molar-refractivity contribution in [2.75, 3.05) is 0 Å². The maximum Gasteiger partial charge on any atom is 0.0802 e. The van der Waals surface area contributed by atoms with Crippen LogP contribution in [-0.4, -0.2) is 0 Å². The Morgan fingerprint density at radius 3 is 2.50 bits per heavy atom. The minimum atomic E-state index is 0.0829. The van der Waals surface area contributed by atoms with Crippen molar-refractivity contribution in [3.05, 3.63) is 56.8 Å². The molecule has 1 heterocycles.